The Bertz CT molecular complexity index is 555. The van der Waals surface area contributed by atoms with E-state index in [1.807, 2.05) is 22.9 Å². The first-order valence-electron chi connectivity index (χ1n) is 6.50. The highest BCUT2D eigenvalue weighted by molar-refractivity contribution is 5.74. The molecule has 3 rings (SSSR count). The van der Waals surface area contributed by atoms with E-state index in [2.05, 4.69) is 9.88 Å². The van der Waals surface area contributed by atoms with E-state index in [0.29, 0.717) is 5.56 Å². The number of carbonyl (C=O) groups is 1. The van der Waals surface area contributed by atoms with Gasteiger partial charge in [0.15, 0.2) is 6.29 Å². The number of fused-ring (bicyclic) bond motifs is 1. The van der Waals surface area contributed by atoms with Gasteiger partial charge in [-0.25, -0.2) is 4.98 Å². The zero-order valence-electron chi connectivity index (χ0n) is 10.4. The Morgan fingerprint density at radius 2 is 2.06 bits per heavy atom. The summed E-state index contributed by atoms with van der Waals surface area (Å²) in [6.07, 6.45) is 8.36. The Morgan fingerprint density at radius 3 is 2.83 bits per heavy atom. The second-order valence-electron chi connectivity index (χ2n) is 4.88. The van der Waals surface area contributed by atoms with Gasteiger partial charge in [-0.2, -0.15) is 0 Å². The Labute approximate surface area is 106 Å². The molecule has 18 heavy (non-hydrogen) atoms. The fourth-order valence-electron chi connectivity index (χ4n) is 2.53. The predicted octanol–water partition coefficient (Wildman–Crippen LogP) is 1.79. The molecule has 2 aromatic rings. The SMILES string of the molecule is O=Cc1ccc2nc(CCN3CCCC3)cn2c1. The number of aldehydes is 1. The first kappa shape index (κ1) is 11.4. The maximum atomic E-state index is 10.7. The monoisotopic (exact) mass is 243 g/mol. The quantitative estimate of drug-likeness (QED) is 0.768. The first-order chi connectivity index (χ1) is 8.85. The van der Waals surface area contributed by atoms with Crippen LogP contribution in [0.5, 0.6) is 0 Å². The third-order valence-electron chi connectivity index (χ3n) is 3.54. The van der Waals surface area contributed by atoms with Gasteiger partial charge in [0.2, 0.25) is 0 Å². The molecule has 0 amide bonds. The molecule has 0 bridgehead atoms. The van der Waals surface area contributed by atoms with E-state index >= 15 is 0 Å². The number of hydrogen-bond acceptors (Lipinski definition) is 3. The minimum atomic E-state index is 0.686. The molecule has 1 fully saturated rings. The normalized spacial score (nSPS) is 16.4. The second-order valence-corrected chi connectivity index (χ2v) is 4.88. The maximum Gasteiger partial charge on any atom is 0.151 e. The van der Waals surface area contributed by atoms with Crippen LogP contribution in [0.2, 0.25) is 0 Å². The van der Waals surface area contributed by atoms with Crippen molar-refractivity contribution in [2.45, 2.75) is 19.3 Å². The number of rotatable bonds is 4. The molecule has 1 saturated heterocycles. The molecule has 0 saturated carbocycles. The van der Waals surface area contributed by atoms with Crippen LogP contribution in [0.4, 0.5) is 0 Å². The molecule has 4 nitrogen and oxygen atoms in total. The summed E-state index contributed by atoms with van der Waals surface area (Å²) in [5.41, 5.74) is 2.70. The maximum absolute atomic E-state index is 10.7. The van der Waals surface area contributed by atoms with E-state index in [9.17, 15) is 4.79 Å². The van der Waals surface area contributed by atoms with Crippen LogP contribution in [0.15, 0.2) is 24.5 Å². The number of aromatic nitrogens is 2. The molecule has 1 aliphatic rings. The highest BCUT2D eigenvalue weighted by atomic mass is 16.1. The van der Waals surface area contributed by atoms with Crippen LogP contribution >= 0.6 is 0 Å². The topological polar surface area (TPSA) is 37.6 Å². The van der Waals surface area contributed by atoms with Crippen molar-refractivity contribution in [3.8, 4) is 0 Å². The van der Waals surface area contributed by atoms with E-state index < -0.39 is 0 Å². The zero-order valence-corrected chi connectivity index (χ0v) is 10.4. The van der Waals surface area contributed by atoms with Crippen LogP contribution < -0.4 is 0 Å². The second kappa shape index (κ2) is 4.90. The zero-order chi connectivity index (χ0) is 12.4. The summed E-state index contributed by atoms with van der Waals surface area (Å²) in [5.74, 6) is 0. The average Bonchev–Trinajstić information content (AvgIpc) is 3.04. The van der Waals surface area contributed by atoms with Gasteiger partial charge in [-0.15, -0.1) is 0 Å². The third-order valence-corrected chi connectivity index (χ3v) is 3.54. The summed E-state index contributed by atoms with van der Waals surface area (Å²) in [6.45, 7) is 3.54. The highest BCUT2D eigenvalue weighted by Crippen LogP contribution is 2.11. The van der Waals surface area contributed by atoms with E-state index in [1.54, 1.807) is 6.07 Å². The van der Waals surface area contributed by atoms with E-state index in [0.717, 1.165) is 30.6 Å². The number of pyridine rings is 1. The lowest BCUT2D eigenvalue weighted by Crippen LogP contribution is -2.21. The Morgan fingerprint density at radius 1 is 1.22 bits per heavy atom. The van der Waals surface area contributed by atoms with Gasteiger partial charge in [0.1, 0.15) is 5.65 Å². The molecule has 4 heteroatoms. The molecular weight excluding hydrogens is 226 g/mol. The van der Waals surface area contributed by atoms with Crippen molar-refractivity contribution in [3.05, 3.63) is 35.8 Å². The Balaban J connectivity index is 1.73. The van der Waals surface area contributed by atoms with Crippen LogP contribution in [-0.4, -0.2) is 40.2 Å². The highest BCUT2D eigenvalue weighted by Gasteiger charge is 2.11. The van der Waals surface area contributed by atoms with Crippen LogP contribution in [-0.2, 0) is 6.42 Å². The lowest BCUT2D eigenvalue weighted by atomic mass is 10.3. The molecule has 0 atom stereocenters. The fourth-order valence-corrected chi connectivity index (χ4v) is 2.53. The smallest absolute Gasteiger partial charge is 0.151 e. The molecule has 0 unspecified atom stereocenters. The molecule has 1 aliphatic heterocycles. The van der Waals surface area contributed by atoms with Gasteiger partial charge in [-0.1, -0.05) is 0 Å². The van der Waals surface area contributed by atoms with Crippen LogP contribution in [0.25, 0.3) is 5.65 Å². The van der Waals surface area contributed by atoms with Gasteiger partial charge in [0.25, 0.3) is 0 Å². The van der Waals surface area contributed by atoms with Crippen molar-refractivity contribution in [1.82, 2.24) is 14.3 Å². The molecule has 0 aromatic carbocycles. The standard InChI is InChI=1S/C14H17N3O/c18-11-12-3-4-14-15-13(10-17(14)9-12)5-8-16-6-1-2-7-16/h3-4,9-11H,1-2,5-8H2. The Kier molecular flexibility index (Phi) is 3.11. The van der Waals surface area contributed by atoms with Gasteiger partial charge in [0, 0.05) is 30.9 Å². The molecule has 94 valence electrons. The molecular formula is C14H17N3O. The van der Waals surface area contributed by atoms with E-state index in [4.69, 9.17) is 0 Å². The summed E-state index contributed by atoms with van der Waals surface area (Å²) in [6, 6.07) is 3.70. The largest absolute Gasteiger partial charge is 0.306 e. The van der Waals surface area contributed by atoms with Crippen molar-refractivity contribution >= 4 is 11.9 Å². The van der Waals surface area contributed by atoms with Crippen molar-refractivity contribution in [2.24, 2.45) is 0 Å². The van der Waals surface area contributed by atoms with Crippen molar-refractivity contribution in [2.75, 3.05) is 19.6 Å². The Hall–Kier alpha value is -1.68. The van der Waals surface area contributed by atoms with Gasteiger partial charge in [-0.3, -0.25) is 4.79 Å². The van der Waals surface area contributed by atoms with Crippen molar-refractivity contribution in [3.63, 3.8) is 0 Å². The van der Waals surface area contributed by atoms with Gasteiger partial charge >= 0.3 is 0 Å². The lowest BCUT2D eigenvalue weighted by Gasteiger charge is -2.12. The third kappa shape index (κ3) is 2.29. The average molecular weight is 243 g/mol. The van der Waals surface area contributed by atoms with Crippen molar-refractivity contribution in [1.29, 1.82) is 0 Å². The molecule has 0 spiro atoms. The van der Waals surface area contributed by atoms with Crippen LogP contribution in [0, 0.1) is 0 Å². The minimum Gasteiger partial charge on any atom is -0.306 e. The number of imidazole rings is 1. The van der Waals surface area contributed by atoms with Gasteiger partial charge in [0.05, 0.1) is 5.69 Å². The summed E-state index contributed by atoms with van der Waals surface area (Å²) in [5, 5.41) is 0. The first-order valence-corrected chi connectivity index (χ1v) is 6.50. The number of nitrogens with zero attached hydrogens (tertiary/aromatic N) is 3. The molecule has 3 heterocycles. The summed E-state index contributed by atoms with van der Waals surface area (Å²) in [4.78, 5) is 17.8. The molecule has 0 N–H and O–H groups in total. The number of hydrogen-bond donors (Lipinski definition) is 0. The van der Waals surface area contributed by atoms with Crippen LogP contribution in [0.1, 0.15) is 28.9 Å². The number of carbonyl (C=O) groups excluding carboxylic acids is 1. The lowest BCUT2D eigenvalue weighted by molar-refractivity contribution is 0.112. The van der Waals surface area contributed by atoms with Crippen molar-refractivity contribution < 1.29 is 4.79 Å². The van der Waals surface area contributed by atoms with Gasteiger partial charge in [-0.05, 0) is 38.1 Å². The molecule has 0 aliphatic carbocycles. The minimum absolute atomic E-state index is 0.686. The molecule has 0 radical (unpaired) electrons. The summed E-state index contributed by atoms with van der Waals surface area (Å²) < 4.78 is 1.93. The summed E-state index contributed by atoms with van der Waals surface area (Å²) >= 11 is 0. The summed E-state index contributed by atoms with van der Waals surface area (Å²) in [7, 11) is 0. The number of likely N-dealkylation sites (tertiary alicyclic amines) is 1. The van der Waals surface area contributed by atoms with E-state index in [1.165, 1.54) is 25.9 Å². The molecule has 2 aromatic heterocycles. The van der Waals surface area contributed by atoms with Gasteiger partial charge < -0.3 is 9.30 Å². The van der Waals surface area contributed by atoms with E-state index in [-0.39, 0.29) is 0 Å². The van der Waals surface area contributed by atoms with Crippen LogP contribution in [0.3, 0.4) is 0 Å². The fraction of sp³-hybridized carbons (Fsp3) is 0.429. The predicted molar refractivity (Wildman–Crippen MR) is 70.0 cm³/mol.